The van der Waals surface area contributed by atoms with Gasteiger partial charge in [0.25, 0.3) is 0 Å². The molecule has 0 atom stereocenters. The van der Waals surface area contributed by atoms with Gasteiger partial charge in [-0.3, -0.25) is 0 Å². The minimum absolute atomic E-state index is 0.0999. The molecule has 2 nitrogen and oxygen atoms in total. The highest BCUT2D eigenvalue weighted by Gasteiger charge is 2.36. The molecule has 2 heteroatoms. The van der Waals surface area contributed by atoms with Crippen molar-refractivity contribution in [1.82, 2.24) is 5.32 Å². The van der Waals surface area contributed by atoms with Crippen molar-refractivity contribution in [2.24, 2.45) is 5.41 Å². The predicted octanol–water partition coefficient (Wildman–Crippen LogP) is 2.71. The Balaban J connectivity index is 2.42. The monoisotopic (exact) mass is 213 g/mol. The van der Waals surface area contributed by atoms with E-state index in [9.17, 15) is 5.11 Å². The van der Waals surface area contributed by atoms with Gasteiger partial charge < -0.3 is 10.4 Å². The van der Waals surface area contributed by atoms with E-state index in [1.165, 1.54) is 0 Å². The SMILES string of the molecule is CC1(C)CCC(O)(CNC(C)(C)C)CC1. The number of hydrogen-bond donors (Lipinski definition) is 2. The van der Waals surface area contributed by atoms with Crippen LogP contribution >= 0.6 is 0 Å². The minimum atomic E-state index is -0.469. The molecule has 0 aromatic carbocycles. The first-order valence-electron chi connectivity index (χ1n) is 6.09. The zero-order chi connectivity index (χ0) is 11.7. The van der Waals surface area contributed by atoms with Crippen LogP contribution < -0.4 is 5.32 Å². The Morgan fingerprint density at radius 2 is 1.53 bits per heavy atom. The molecule has 0 spiro atoms. The van der Waals surface area contributed by atoms with Crippen LogP contribution in [0.5, 0.6) is 0 Å². The third-order valence-corrected chi connectivity index (χ3v) is 3.48. The Morgan fingerprint density at radius 1 is 1.07 bits per heavy atom. The molecule has 0 saturated heterocycles. The molecule has 0 aliphatic heterocycles. The van der Waals surface area contributed by atoms with Gasteiger partial charge >= 0.3 is 0 Å². The zero-order valence-electron chi connectivity index (χ0n) is 11.0. The van der Waals surface area contributed by atoms with Gasteiger partial charge in [0.1, 0.15) is 0 Å². The van der Waals surface area contributed by atoms with E-state index >= 15 is 0 Å². The van der Waals surface area contributed by atoms with Crippen LogP contribution in [0.4, 0.5) is 0 Å². The summed E-state index contributed by atoms with van der Waals surface area (Å²) in [6.07, 6.45) is 4.14. The van der Waals surface area contributed by atoms with Crippen LogP contribution in [-0.2, 0) is 0 Å². The summed E-state index contributed by atoms with van der Waals surface area (Å²) in [6.45, 7) is 11.7. The zero-order valence-corrected chi connectivity index (χ0v) is 11.0. The normalized spacial score (nSPS) is 25.2. The molecule has 1 fully saturated rings. The average molecular weight is 213 g/mol. The molecule has 1 saturated carbocycles. The molecule has 15 heavy (non-hydrogen) atoms. The standard InChI is InChI=1S/C13H27NO/c1-11(2,3)14-10-13(15)8-6-12(4,5)7-9-13/h14-15H,6-10H2,1-5H3. The molecule has 1 aliphatic rings. The molecular weight excluding hydrogens is 186 g/mol. The fraction of sp³-hybridized carbons (Fsp3) is 1.00. The largest absolute Gasteiger partial charge is 0.389 e. The highest BCUT2D eigenvalue weighted by Crippen LogP contribution is 2.39. The molecule has 1 rings (SSSR count). The fourth-order valence-corrected chi connectivity index (χ4v) is 2.00. The molecule has 1 aliphatic carbocycles. The molecule has 2 N–H and O–H groups in total. The summed E-state index contributed by atoms with van der Waals surface area (Å²) in [5.74, 6) is 0. The first-order valence-corrected chi connectivity index (χ1v) is 6.09. The lowest BCUT2D eigenvalue weighted by Crippen LogP contribution is -2.50. The molecule has 0 bridgehead atoms. The third-order valence-electron chi connectivity index (χ3n) is 3.48. The van der Waals surface area contributed by atoms with Crippen molar-refractivity contribution < 1.29 is 5.11 Å². The summed E-state index contributed by atoms with van der Waals surface area (Å²) in [6, 6.07) is 0. The Morgan fingerprint density at radius 3 is 1.93 bits per heavy atom. The maximum absolute atomic E-state index is 10.4. The number of rotatable bonds is 2. The van der Waals surface area contributed by atoms with Crippen LogP contribution in [0.2, 0.25) is 0 Å². The minimum Gasteiger partial charge on any atom is -0.389 e. The Bertz CT molecular complexity index is 205. The van der Waals surface area contributed by atoms with Gasteiger partial charge in [0.15, 0.2) is 0 Å². The van der Waals surface area contributed by atoms with Crippen molar-refractivity contribution in [3.8, 4) is 0 Å². The lowest BCUT2D eigenvalue weighted by molar-refractivity contribution is -0.0280. The lowest BCUT2D eigenvalue weighted by Gasteiger charge is -2.41. The maximum atomic E-state index is 10.4. The molecule has 0 aromatic heterocycles. The smallest absolute Gasteiger partial charge is 0.0772 e. The average Bonchev–Trinajstić information content (AvgIpc) is 2.07. The molecule has 0 heterocycles. The molecule has 0 radical (unpaired) electrons. The first-order chi connectivity index (χ1) is 6.62. The topological polar surface area (TPSA) is 32.3 Å². The molecule has 0 aromatic rings. The highest BCUT2D eigenvalue weighted by atomic mass is 16.3. The van der Waals surface area contributed by atoms with Crippen LogP contribution in [0.15, 0.2) is 0 Å². The van der Waals surface area contributed by atoms with Crippen molar-refractivity contribution >= 4 is 0 Å². The van der Waals surface area contributed by atoms with Gasteiger partial charge in [-0.15, -0.1) is 0 Å². The fourth-order valence-electron chi connectivity index (χ4n) is 2.00. The van der Waals surface area contributed by atoms with E-state index < -0.39 is 5.60 Å². The van der Waals surface area contributed by atoms with Crippen molar-refractivity contribution in [2.45, 2.75) is 71.4 Å². The van der Waals surface area contributed by atoms with Crippen LogP contribution in [0.1, 0.15) is 60.3 Å². The van der Waals surface area contributed by atoms with Crippen LogP contribution in [0.3, 0.4) is 0 Å². The number of hydrogen-bond acceptors (Lipinski definition) is 2. The van der Waals surface area contributed by atoms with Crippen molar-refractivity contribution in [3.05, 3.63) is 0 Å². The van der Waals surface area contributed by atoms with E-state index in [2.05, 4.69) is 39.9 Å². The predicted molar refractivity (Wildman–Crippen MR) is 65.0 cm³/mol. The van der Waals surface area contributed by atoms with E-state index in [1.54, 1.807) is 0 Å². The van der Waals surface area contributed by atoms with Crippen molar-refractivity contribution in [2.75, 3.05) is 6.54 Å². The Kier molecular flexibility index (Phi) is 3.52. The summed E-state index contributed by atoms with van der Waals surface area (Å²) in [5, 5.41) is 13.8. The Hall–Kier alpha value is -0.0800. The summed E-state index contributed by atoms with van der Waals surface area (Å²) in [4.78, 5) is 0. The number of β-amino-alcohol motifs (C(OH)–C–C–N with tert-alkyl or cyclic N) is 1. The number of aliphatic hydroxyl groups is 1. The second kappa shape index (κ2) is 4.06. The molecular formula is C13H27NO. The van der Waals surface area contributed by atoms with Gasteiger partial charge in [-0.05, 0) is 51.9 Å². The summed E-state index contributed by atoms with van der Waals surface area (Å²) in [5.41, 5.74) is 0.0550. The van der Waals surface area contributed by atoms with E-state index in [0.717, 1.165) is 32.2 Å². The van der Waals surface area contributed by atoms with Gasteiger partial charge in [-0.25, -0.2) is 0 Å². The second-order valence-electron chi connectivity index (χ2n) is 6.99. The van der Waals surface area contributed by atoms with E-state index in [1.807, 2.05) is 0 Å². The lowest BCUT2D eigenvalue weighted by atomic mass is 9.71. The van der Waals surface area contributed by atoms with Crippen LogP contribution in [-0.4, -0.2) is 22.8 Å². The van der Waals surface area contributed by atoms with E-state index in [4.69, 9.17) is 0 Å². The second-order valence-corrected chi connectivity index (χ2v) is 6.99. The van der Waals surface area contributed by atoms with Crippen LogP contribution in [0, 0.1) is 5.41 Å². The van der Waals surface area contributed by atoms with Gasteiger partial charge in [-0.1, -0.05) is 13.8 Å². The maximum Gasteiger partial charge on any atom is 0.0772 e. The van der Waals surface area contributed by atoms with E-state index in [0.29, 0.717) is 5.41 Å². The Labute approximate surface area is 94.5 Å². The van der Waals surface area contributed by atoms with Crippen LogP contribution in [0.25, 0.3) is 0 Å². The van der Waals surface area contributed by atoms with Crippen molar-refractivity contribution in [1.29, 1.82) is 0 Å². The van der Waals surface area contributed by atoms with Gasteiger partial charge in [0.05, 0.1) is 5.60 Å². The van der Waals surface area contributed by atoms with E-state index in [-0.39, 0.29) is 5.54 Å². The third kappa shape index (κ3) is 4.52. The van der Waals surface area contributed by atoms with Gasteiger partial charge in [0.2, 0.25) is 0 Å². The molecule has 0 unspecified atom stereocenters. The van der Waals surface area contributed by atoms with Gasteiger partial charge in [-0.2, -0.15) is 0 Å². The molecule has 0 amide bonds. The summed E-state index contributed by atoms with van der Waals surface area (Å²) >= 11 is 0. The number of nitrogens with one attached hydrogen (secondary N) is 1. The first kappa shape index (κ1) is 13.0. The quantitative estimate of drug-likeness (QED) is 0.739. The molecule has 90 valence electrons. The van der Waals surface area contributed by atoms with Crippen molar-refractivity contribution in [3.63, 3.8) is 0 Å². The highest BCUT2D eigenvalue weighted by molar-refractivity contribution is 4.91. The van der Waals surface area contributed by atoms with Gasteiger partial charge in [0, 0.05) is 12.1 Å². The summed E-state index contributed by atoms with van der Waals surface area (Å²) in [7, 11) is 0. The summed E-state index contributed by atoms with van der Waals surface area (Å²) < 4.78 is 0.